The molecule has 0 aromatic heterocycles. The van der Waals surface area contributed by atoms with E-state index >= 15 is 0 Å². The molecule has 1 aromatic rings. The van der Waals surface area contributed by atoms with Crippen molar-refractivity contribution in [2.24, 2.45) is 0 Å². The fraction of sp³-hybridized carbons (Fsp3) is 0.533. The summed E-state index contributed by atoms with van der Waals surface area (Å²) < 4.78 is 5.63. The average Bonchev–Trinajstić information content (AvgIpc) is 2.39. The second-order valence-corrected chi connectivity index (χ2v) is 4.78. The molecule has 0 aliphatic carbocycles. The molecule has 1 atom stereocenters. The van der Waals surface area contributed by atoms with Crippen LogP contribution in [-0.4, -0.2) is 41.2 Å². The van der Waals surface area contributed by atoms with E-state index in [0.717, 1.165) is 0 Å². The van der Waals surface area contributed by atoms with Gasteiger partial charge in [-0.15, -0.1) is 0 Å². The van der Waals surface area contributed by atoms with Gasteiger partial charge in [-0.25, -0.2) is 0 Å². The first-order valence-corrected chi connectivity index (χ1v) is 6.69. The molecule has 0 fully saturated rings. The number of carbonyl (C=O) groups excluding carboxylic acids is 1. The molecular weight excluding hydrogens is 242 g/mol. The molecule has 0 saturated carbocycles. The van der Waals surface area contributed by atoms with E-state index in [9.17, 15) is 4.79 Å². The van der Waals surface area contributed by atoms with Gasteiger partial charge in [0.1, 0.15) is 5.75 Å². The molecule has 4 heteroatoms. The van der Waals surface area contributed by atoms with Gasteiger partial charge in [0.25, 0.3) is 5.91 Å². The van der Waals surface area contributed by atoms with Gasteiger partial charge in [-0.2, -0.15) is 0 Å². The Morgan fingerprint density at radius 3 is 2.42 bits per heavy atom. The van der Waals surface area contributed by atoms with Gasteiger partial charge in [0.2, 0.25) is 0 Å². The molecule has 0 spiro atoms. The van der Waals surface area contributed by atoms with E-state index in [4.69, 9.17) is 9.84 Å². The predicted molar refractivity (Wildman–Crippen MR) is 75.1 cm³/mol. The molecule has 0 radical (unpaired) electrons. The van der Waals surface area contributed by atoms with Crippen LogP contribution >= 0.6 is 0 Å². The molecular formula is C15H23NO3. The summed E-state index contributed by atoms with van der Waals surface area (Å²) in [5, 5.41) is 8.88. The van der Waals surface area contributed by atoms with Crippen LogP contribution < -0.4 is 4.74 Å². The normalized spacial score (nSPS) is 12.3. The fourth-order valence-corrected chi connectivity index (χ4v) is 1.85. The second-order valence-electron chi connectivity index (χ2n) is 4.78. The van der Waals surface area contributed by atoms with Gasteiger partial charge < -0.3 is 14.7 Å². The van der Waals surface area contributed by atoms with E-state index in [1.165, 1.54) is 0 Å². The SMILES string of the molecule is CC(Oc1ccccc1)C(=O)N(CCCO)C(C)C. The van der Waals surface area contributed by atoms with Crippen molar-refractivity contribution < 1.29 is 14.6 Å². The number of amides is 1. The molecule has 1 rings (SSSR count). The van der Waals surface area contributed by atoms with Crippen molar-refractivity contribution in [1.82, 2.24) is 4.90 Å². The minimum Gasteiger partial charge on any atom is -0.481 e. The van der Waals surface area contributed by atoms with E-state index in [1.54, 1.807) is 11.8 Å². The minimum atomic E-state index is -0.525. The van der Waals surface area contributed by atoms with Crippen molar-refractivity contribution in [3.8, 4) is 5.75 Å². The largest absolute Gasteiger partial charge is 0.481 e. The number of nitrogens with zero attached hydrogens (tertiary/aromatic N) is 1. The number of rotatable bonds is 7. The van der Waals surface area contributed by atoms with E-state index in [2.05, 4.69) is 0 Å². The van der Waals surface area contributed by atoms with Crippen LogP contribution in [0.4, 0.5) is 0 Å². The van der Waals surface area contributed by atoms with E-state index in [-0.39, 0.29) is 18.6 Å². The van der Waals surface area contributed by atoms with Gasteiger partial charge >= 0.3 is 0 Å². The van der Waals surface area contributed by atoms with Crippen LogP contribution in [0.2, 0.25) is 0 Å². The summed E-state index contributed by atoms with van der Waals surface area (Å²) in [5.74, 6) is 0.640. The Kier molecular flexibility index (Phi) is 6.36. The first kappa shape index (κ1) is 15.5. The number of carbonyl (C=O) groups is 1. The van der Waals surface area contributed by atoms with Gasteiger partial charge in [0.05, 0.1) is 0 Å². The summed E-state index contributed by atoms with van der Waals surface area (Å²) in [6, 6.07) is 9.41. The third-order valence-corrected chi connectivity index (χ3v) is 2.87. The lowest BCUT2D eigenvalue weighted by atomic mass is 10.2. The number of hydrogen-bond donors (Lipinski definition) is 1. The maximum absolute atomic E-state index is 12.3. The van der Waals surface area contributed by atoms with Crippen molar-refractivity contribution >= 4 is 5.91 Å². The molecule has 0 bridgehead atoms. The molecule has 4 nitrogen and oxygen atoms in total. The Hall–Kier alpha value is -1.55. The van der Waals surface area contributed by atoms with Crippen molar-refractivity contribution in [3.05, 3.63) is 30.3 Å². The van der Waals surface area contributed by atoms with Crippen molar-refractivity contribution in [3.63, 3.8) is 0 Å². The van der Waals surface area contributed by atoms with E-state index < -0.39 is 6.10 Å². The van der Waals surface area contributed by atoms with Crippen LogP contribution in [0, 0.1) is 0 Å². The third-order valence-electron chi connectivity index (χ3n) is 2.87. The number of benzene rings is 1. The third kappa shape index (κ3) is 4.91. The highest BCUT2D eigenvalue weighted by Crippen LogP contribution is 2.13. The summed E-state index contributed by atoms with van der Waals surface area (Å²) in [6.45, 7) is 6.32. The molecule has 0 aliphatic heterocycles. The Bertz CT molecular complexity index is 378. The maximum atomic E-state index is 12.3. The predicted octanol–water partition coefficient (Wildman–Crippen LogP) is 2.07. The summed E-state index contributed by atoms with van der Waals surface area (Å²) in [5.41, 5.74) is 0. The van der Waals surface area contributed by atoms with Gasteiger partial charge in [-0.05, 0) is 39.3 Å². The van der Waals surface area contributed by atoms with Crippen molar-refractivity contribution in [2.75, 3.05) is 13.2 Å². The smallest absolute Gasteiger partial charge is 0.263 e. The molecule has 1 amide bonds. The maximum Gasteiger partial charge on any atom is 0.263 e. The van der Waals surface area contributed by atoms with Crippen LogP contribution in [0.3, 0.4) is 0 Å². The Labute approximate surface area is 115 Å². The lowest BCUT2D eigenvalue weighted by molar-refractivity contribution is -0.139. The summed E-state index contributed by atoms with van der Waals surface area (Å²) in [6.07, 6.45) is 0.0608. The highest BCUT2D eigenvalue weighted by Gasteiger charge is 2.23. The zero-order valence-electron chi connectivity index (χ0n) is 11.9. The summed E-state index contributed by atoms with van der Waals surface area (Å²) in [7, 11) is 0. The zero-order valence-corrected chi connectivity index (χ0v) is 11.9. The molecule has 1 unspecified atom stereocenters. The van der Waals surface area contributed by atoms with Crippen molar-refractivity contribution in [2.45, 2.75) is 39.3 Å². The number of para-hydroxylation sites is 1. The van der Waals surface area contributed by atoms with Gasteiger partial charge in [0.15, 0.2) is 6.10 Å². The first-order valence-electron chi connectivity index (χ1n) is 6.69. The highest BCUT2D eigenvalue weighted by molar-refractivity contribution is 5.81. The minimum absolute atomic E-state index is 0.0488. The van der Waals surface area contributed by atoms with Crippen LogP contribution in [0.15, 0.2) is 30.3 Å². The lowest BCUT2D eigenvalue weighted by Crippen LogP contribution is -2.45. The van der Waals surface area contributed by atoms with Crippen molar-refractivity contribution in [1.29, 1.82) is 0 Å². The van der Waals surface area contributed by atoms with E-state index in [1.807, 2.05) is 44.2 Å². The van der Waals surface area contributed by atoms with Gasteiger partial charge in [-0.3, -0.25) is 4.79 Å². The summed E-state index contributed by atoms with van der Waals surface area (Å²) >= 11 is 0. The summed E-state index contributed by atoms with van der Waals surface area (Å²) in [4.78, 5) is 14.1. The lowest BCUT2D eigenvalue weighted by Gasteiger charge is -2.29. The molecule has 0 saturated heterocycles. The Morgan fingerprint density at radius 1 is 1.26 bits per heavy atom. The zero-order chi connectivity index (χ0) is 14.3. The Morgan fingerprint density at radius 2 is 1.89 bits per heavy atom. The average molecular weight is 265 g/mol. The molecule has 0 heterocycles. The van der Waals surface area contributed by atoms with Crippen LogP contribution in [0.25, 0.3) is 0 Å². The second kappa shape index (κ2) is 7.79. The quantitative estimate of drug-likeness (QED) is 0.821. The first-order chi connectivity index (χ1) is 9.06. The van der Waals surface area contributed by atoms with Crippen LogP contribution in [0.1, 0.15) is 27.2 Å². The number of aliphatic hydroxyl groups is 1. The van der Waals surface area contributed by atoms with Crippen LogP contribution in [0.5, 0.6) is 5.75 Å². The Balaban J connectivity index is 2.63. The molecule has 1 N–H and O–H groups in total. The van der Waals surface area contributed by atoms with E-state index in [0.29, 0.717) is 18.7 Å². The molecule has 19 heavy (non-hydrogen) atoms. The number of aliphatic hydroxyl groups excluding tert-OH is 1. The number of ether oxygens (including phenoxy) is 1. The molecule has 0 aliphatic rings. The van der Waals surface area contributed by atoms with Crippen LogP contribution in [-0.2, 0) is 4.79 Å². The standard InChI is InChI=1S/C15H23NO3/c1-12(2)16(10-7-11-17)15(18)13(3)19-14-8-5-4-6-9-14/h4-6,8-9,12-13,17H,7,10-11H2,1-3H3. The van der Waals surface area contributed by atoms with Gasteiger partial charge in [0, 0.05) is 19.2 Å². The highest BCUT2D eigenvalue weighted by atomic mass is 16.5. The monoisotopic (exact) mass is 265 g/mol. The van der Waals surface area contributed by atoms with Gasteiger partial charge in [-0.1, -0.05) is 18.2 Å². The fourth-order valence-electron chi connectivity index (χ4n) is 1.85. The topological polar surface area (TPSA) is 49.8 Å². The molecule has 106 valence electrons. The molecule has 1 aromatic carbocycles. The number of hydrogen-bond acceptors (Lipinski definition) is 3.